The molecule has 72 valence electrons. The molecule has 3 nitrogen and oxygen atoms in total. The van der Waals surface area contributed by atoms with Gasteiger partial charge in [-0.1, -0.05) is 6.08 Å². The van der Waals surface area contributed by atoms with Gasteiger partial charge < -0.3 is 10.2 Å². The Morgan fingerprint density at radius 3 is 2.92 bits per heavy atom. The molecule has 1 saturated heterocycles. The highest BCUT2D eigenvalue weighted by molar-refractivity contribution is 5.94. The molecule has 1 aliphatic heterocycles. The lowest BCUT2D eigenvalue weighted by atomic mass is 9.98. The van der Waals surface area contributed by atoms with E-state index in [1.807, 2.05) is 4.90 Å². The number of nitrogens with zero attached hydrogens (tertiary/aromatic N) is 1. The van der Waals surface area contributed by atoms with Gasteiger partial charge in [0.25, 0.3) is 0 Å². The Bertz CT molecular complexity index is 227. The molecule has 1 aliphatic carbocycles. The number of rotatable bonds is 1. The van der Waals surface area contributed by atoms with E-state index in [1.165, 1.54) is 0 Å². The van der Waals surface area contributed by atoms with Crippen LogP contribution in [0.3, 0.4) is 0 Å². The van der Waals surface area contributed by atoms with Gasteiger partial charge in [-0.05, 0) is 25.8 Å². The summed E-state index contributed by atoms with van der Waals surface area (Å²) in [6.45, 7) is 3.78. The first kappa shape index (κ1) is 8.75. The smallest absolute Gasteiger partial charge is 0.249 e. The molecule has 2 aliphatic rings. The van der Waals surface area contributed by atoms with Crippen LogP contribution in [0.25, 0.3) is 0 Å². The molecule has 13 heavy (non-hydrogen) atoms. The summed E-state index contributed by atoms with van der Waals surface area (Å²) in [5.41, 5.74) is 1.03. The summed E-state index contributed by atoms with van der Waals surface area (Å²) in [7, 11) is 0. The van der Waals surface area contributed by atoms with E-state index in [9.17, 15) is 4.79 Å². The lowest BCUT2D eigenvalue weighted by Gasteiger charge is -2.24. The van der Waals surface area contributed by atoms with Gasteiger partial charge in [-0.3, -0.25) is 4.79 Å². The molecule has 0 aromatic carbocycles. The molecule has 0 aromatic rings. The van der Waals surface area contributed by atoms with Crippen molar-refractivity contribution in [1.82, 2.24) is 10.2 Å². The summed E-state index contributed by atoms with van der Waals surface area (Å²) in [6, 6.07) is 0. The van der Waals surface area contributed by atoms with Crippen molar-refractivity contribution in [3.05, 3.63) is 11.6 Å². The van der Waals surface area contributed by atoms with E-state index >= 15 is 0 Å². The van der Waals surface area contributed by atoms with Crippen LogP contribution < -0.4 is 5.32 Å². The van der Waals surface area contributed by atoms with Crippen molar-refractivity contribution in [2.45, 2.75) is 19.3 Å². The second-order valence-corrected chi connectivity index (χ2v) is 3.66. The van der Waals surface area contributed by atoms with Gasteiger partial charge in [-0.2, -0.15) is 0 Å². The number of hydrogen-bond acceptors (Lipinski definition) is 2. The van der Waals surface area contributed by atoms with Crippen LogP contribution in [0.4, 0.5) is 0 Å². The third-order valence-electron chi connectivity index (χ3n) is 2.71. The fourth-order valence-electron chi connectivity index (χ4n) is 1.73. The van der Waals surface area contributed by atoms with Crippen LogP contribution in [-0.2, 0) is 4.79 Å². The minimum atomic E-state index is 0.273. The van der Waals surface area contributed by atoms with E-state index in [0.717, 1.165) is 51.0 Å². The predicted molar refractivity (Wildman–Crippen MR) is 51.4 cm³/mol. The predicted octanol–water partition coefficient (Wildman–Crippen LogP) is 0.528. The summed E-state index contributed by atoms with van der Waals surface area (Å²) < 4.78 is 0. The standard InChI is InChI=1S/C10H16N2O/c13-10(9-3-1-4-9)12-7-2-5-11-6-8-12/h3,11H,1-2,4-8H2. The maximum absolute atomic E-state index is 11.8. The highest BCUT2D eigenvalue weighted by atomic mass is 16.2. The Morgan fingerprint density at radius 1 is 1.38 bits per heavy atom. The lowest BCUT2D eigenvalue weighted by Crippen LogP contribution is -2.36. The number of amides is 1. The van der Waals surface area contributed by atoms with Crippen LogP contribution >= 0.6 is 0 Å². The lowest BCUT2D eigenvalue weighted by molar-refractivity contribution is -0.127. The zero-order valence-electron chi connectivity index (χ0n) is 7.88. The number of carbonyl (C=O) groups is 1. The van der Waals surface area contributed by atoms with Gasteiger partial charge in [0.15, 0.2) is 0 Å². The zero-order chi connectivity index (χ0) is 9.10. The molecule has 2 rings (SSSR count). The number of carbonyl (C=O) groups excluding carboxylic acids is 1. The van der Waals surface area contributed by atoms with Gasteiger partial charge in [0.1, 0.15) is 0 Å². The summed E-state index contributed by atoms with van der Waals surface area (Å²) in [4.78, 5) is 13.7. The largest absolute Gasteiger partial charge is 0.338 e. The average Bonchev–Trinajstić information content (AvgIpc) is 2.27. The molecule has 1 fully saturated rings. The van der Waals surface area contributed by atoms with E-state index in [2.05, 4.69) is 11.4 Å². The molecule has 0 bridgehead atoms. The highest BCUT2D eigenvalue weighted by Gasteiger charge is 2.21. The van der Waals surface area contributed by atoms with Crippen molar-refractivity contribution in [1.29, 1.82) is 0 Å². The third-order valence-corrected chi connectivity index (χ3v) is 2.71. The molecule has 1 amide bonds. The second-order valence-electron chi connectivity index (χ2n) is 3.66. The minimum Gasteiger partial charge on any atom is -0.338 e. The Morgan fingerprint density at radius 2 is 2.23 bits per heavy atom. The number of nitrogens with one attached hydrogen (secondary N) is 1. The topological polar surface area (TPSA) is 32.3 Å². The van der Waals surface area contributed by atoms with Crippen LogP contribution in [0.5, 0.6) is 0 Å². The molecular weight excluding hydrogens is 164 g/mol. The fourth-order valence-corrected chi connectivity index (χ4v) is 1.73. The van der Waals surface area contributed by atoms with E-state index in [1.54, 1.807) is 0 Å². The third kappa shape index (κ3) is 1.91. The average molecular weight is 180 g/mol. The van der Waals surface area contributed by atoms with Crippen molar-refractivity contribution < 1.29 is 4.79 Å². The minimum absolute atomic E-state index is 0.273. The summed E-state index contributed by atoms with van der Waals surface area (Å²) >= 11 is 0. The first-order valence-electron chi connectivity index (χ1n) is 5.07. The Kier molecular flexibility index (Phi) is 2.64. The Hall–Kier alpha value is -0.830. The molecule has 1 N–H and O–H groups in total. The van der Waals surface area contributed by atoms with Crippen LogP contribution in [-0.4, -0.2) is 37.0 Å². The Balaban J connectivity index is 1.93. The molecule has 0 radical (unpaired) electrons. The monoisotopic (exact) mass is 180 g/mol. The number of hydrogen-bond donors (Lipinski definition) is 1. The fraction of sp³-hybridized carbons (Fsp3) is 0.700. The van der Waals surface area contributed by atoms with Crippen molar-refractivity contribution in [2.24, 2.45) is 0 Å². The SMILES string of the molecule is O=C(C1=CCC1)N1CCCNCC1. The van der Waals surface area contributed by atoms with Gasteiger partial charge in [0, 0.05) is 25.2 Å². The quantitative estimate of drug-likeness (QED) is 0.638. The van der Waals surface area contributed by atoms with Crippen LogP contribution in [0.1, 0.15) is 19.3 Å². The van der Waals surface area contributed by atoms with Gasteiger partial charge >= 0.3 is 0 Å². The van der Waals surface area contributed by atoms with Gasteiger partial charge in [-0.25, -0.2) is 0 Å². The van der Waals surface area contributed by atoms with Crippen LogP contribution in [0.15, 0.2) is 11.6 Å². The molecule has 3 heteroatoms. The van der Waals surface area contributed by atoms with E-state index in [4.69, 9.17) is 0 Å². The maximum atomic E-state index is 11.8. The first-order valence-corrected chi connectivity index (χ1v) is 5.07. The highest BCUT2D eigenvalue weighted by Crippen LogP contribution is 2.20. The number of allylic oxidation sites excluding steroid dienone is 1. The second kappa shape index (κ2) is 3.92. The normalized spacial score (nSPS) is 23.1. The van der Waals surface area contributed by atoms with Crippen molar-refractivity contribution in [3.63, 3.8) is 0 Å². The molecule has 1 heterocycles. The van der Waals surface area contributed by atoms with Crippen molar-refractivity contribution in [2.75, 3.05) is 26.2 Å². The van der Waals surface area contributed by atoms with Crippen LogP contribution in [0.2, 0.25) is 0 Å². The van der Waals surface area contributed by atoms with Gasteiger partial charge in [0.05, 0.1) is 0 Å². The summed E-state index contributed by atoms with van der Waals surface area (Å²) in [6.07, 6.45) is 5.22. The van der Waals surface area contributed by atoms with E-state index < -0.39 is 0 Å². The Labute approximate surface area is 78.8 Å². The van der Waals surface area contributed by atoms with Crippen molar-refractivity contribution in [3.8, 4) is 0 Å². The molecule has 0 atom stereocenters. The van der Waals surface area contributed by atoms with E-state index in [-0.39, 0.29) is 5.91 Å². The molecule has 0 aromatic heterocycles. The molecule has 0 saturated carbocycles. The molecule has 0 unspecified atom stereocenters. The first-order chi connectivity index (χ1) is 6.38. The van der Waals surface area contributed by atoms with Gasteiger partial charge in [0.2, 0.25) is 5.91 Å². The zero-order valence-corrected chi connectivity index (χ0v) is 7.88. The maximum Gasteiger partial charge on any atom is 0.249 e. The summed E-state index contributed by atoms with van der Waals surface area (Å²) in [5.74, 6) is 0.273. The molecular formula is C10H16N2O. The van der Waals surface area contributed by atoms with E-state index in [0.29, 0.717) is 0 Å². The molecule has 0 spiro atoms. The van der Waals surface area contributed by atoms with Crippen molar-refractivity contribution >= 4 is 5.91 Å². The van der Waals surface area contributed by atoms with Gasteiger partial charge in [-0.15, -0.1) is 0 Å². The van der Waals surface area contributed by atoms with Crippen LogP contribution in [0, 0.1) is 0 Å². The summed E-state index contributed by atoms with van der Waals surface area (Å²) in [5, 5.41) is 3.29.